The van der Waals surface area contributed by atoms with Crippen molar-refractivity contribution < 1.29 is 4.79 Å². The van der Waals surface area contributed by atoms with E-state index >= 15 is 0 Å². The minimum atomic E-state index is 0.0820. The van der Waals surface area contributed by atoms with Gasteiger partial charge in [-0.15, -0.1) is 11.3 Å². The van der Waals surface area contributed by atoms with Crippen molar-refractivity contribution in [1.29, 1.82) is 5.26 Å². The first-order chi connectivity index (χ1) is 18.1. The van der Waals surface area contributed by atoms with E-state index in [0.29, 0.717) is 11.6 Å². The van der Waals surface area contributed by atoms with Crippen molar-refractivity contribution in [2.45, 2.75) is 38.6 Å². The van der Waals surface area contributed by atoms with Crippen molar-refractivity contribution in [3.63, 3.8) is 0 Å². The third-order valence-corrected chi connectivity index (χ3v) is 8.69. The van der Waals surface area contributed by atoms with Gasteiger partial charge in [-0.3, -0.25) is 4.79 Å². The molecule has 5 heterocycles. The molecule has 1 atom stereocenters. The van der Waals surface area contributed by atoms with E-state index in [2.05, 4.69) is 39.2 Å². The van der Waals surface area contributed by atoms with Gasteiger partial charge in [0.05, 0.1) is 11.3 Å². The van der Waals surface area contributed by atoms with Crippen LogP contribution in [0.5, 0.6) is 0 Å². The van der Waals surface area contributed by atoms with Crippen LogP contribution in [-0.4, -0.2) is 57.9 Å². The molecule has 4 aromatic rings. The zero-order valence-corrected chi connectivity index (χ0v) is 21.8. The van der Waals surface area contributed by atoms with Crippen molar-refractivity contribution in [1.82, 2.24) is 19.8 Å². The number of hydrogen-bond acceptors (Lipinski definition) is 6. The summed E-state index contributed by atoms with van der Waals surface area (Å²) in [6.45, 7) is 6.21. The number of aromatic amines is 1. The molecule has 2 aliphatic rings. The Balaban J connectivity index is 1.25. The van der Waals surface area contributed by atoms with E-state index in [1.165, 1.54) is 24.2 Å². The van der Waals surface area contributed by atoms with E-state index in [4.69, 9.17) is 0 Å². The number of nitrogens with zero attached hydrogens (tertiary/aromatic N) is 4. The Hall–Kier alpha value is -3.67. The SMILES string of the molecule is Cc1c(Nc2c(C#N)cnc3sc(C=CC(=O)N4CCC[C@H]4CN4CCCC4)cc23)ccc2[nH]ccc12. The molecule has 0 saturated carbocycles. The predicted molar refractivity (Wildman–Crippen MR) is 150 cm³/mol. The number of benzene rings is 1. The molecule has 0 aliphatic carbocycles. The average Bonchev–Trinajstić information content (AvgIpc) is 3.71. The highest BCUT2D eigenvalue weighted by Gasteiger charge is 2.29. The molecule has 0 spiro atoms. The Morgan fingerprint density at radius 2 is 2.11 bits per heavy atom. The van der Waals surface area contributed by atoms with Gasteiger partial charge in [-0.05, 0) is 81.6 Å². The van der Waals surface area contributed by atoms with Crippen molar-refractivity contribution in [2.24, 2.45) is 0 Å². The number of pyridine rings is 1. The summed E-state index contributed by atoms with van der Waals surface area (Å²) < 4.78 is 0. The van der Waals surface area contributed by atoms with Crippen LogP contribution in [0.25, 0.3) is 27.2 Å². The highest BCUT2D eigenvalue weighted by Crippen LogP contribution is 2.36. The van der Waals surface area contributed by atoms with Crippen LogP contribution in [0.4, 0.5) is 11.4 Å². The third-order valence-electron chi connectivity index (χ3n) is 7.68. The molecule has 0 bridgehead atoms. The fourth-order valence-corrected chi connectivity index (χ4v) is 6.60. The van der Waals surface area contributed by atoms with Crippen molar-refractivity contribution >= 4 is 55.8 Å². The molecule has 0 unspecified atom stereocenters. The van der Waals surface area contributed by atoms with Gasteiger partial charge in [0, 0.05) is 64.5 Å². The summed E-state index contributed by atoms with van der Waals surface area (Å²) in [5.41, 5.74) is 4.39. The van der Waals surface area contributed by atoms with Crippen molar-refractivity contribution in [3.05, 3.63) is 58.7 Å². The number of anilines is 2. The molecule has 1 amide bonds. The number of likely N-dealkylation sites (tertiary alicyclic amines) is 2. The summed E-state index contributed by atoms with van der Waals surface area (Å²) in [5, 5.41) is 15.3. The van der Waals surface area contributed by atoms with Gasteiger partial charge < -0.3 is 20.1 Å². The molecule has 7 nitrogen and oxygen atoms in total. The molecule has 188 valence electrons. The van der Waals surface area contributed by atoms with Crippen LogP contribution in [0.15, 0.2) is 42.7 Å². The lowest BCUT2D eigenvalue weighted by Gasteiger charge is -2.27. The minimum Gasteiger partial charge on any atom is -0.361 e. The number of hydrogen-bond donors (Lipinski definition) is 2. The molecular weight excluding hydrogens is 480 g/mol. The van der Waals surface area contributed by atoms with Gasteiger partial charge in [0.15, 0.2) is 0 Å². The van der Waals surface area contributed by atoms with E-state index in [-0.39, 0.29) is 5.91 Å². The van der Waals surface area contributed by atoms with E-state index in [1.807, 2.05) is 35.4 Å². The number of amides is 1. The van der Waals surface area contributed by atoms with Gasteiger partial charge in [0.2, 0.25) is 5.91 Å². The van der Waals surface area contributed by atoms with Crippen LogP contribution >= 0.6 is 11.3 Å². The zero-order valence-electron chi connectivity index (χ0n) is 21.0. The summed E-state index contributed by atoms with van der Waals surface area (Å²) in [7, 11) is 0. The van der Waals surface area contributed by atoms with E-state index < -0.39 is 0 Å². The monoisotopic (exact) mass is 510 g/mol. The second-order valence-electron chi connectivity index (χ2n) is 10.00. The number of aromatic nitrogens is 2. The second kappa shape index (κ2) is 10.0. The second-order valence-corrected chi connectivity index (χ2v) is 11.1. The summed E-state index contributed by atoms with van der Waals surface area (Å²) in [6.07, 6.45) is 11.9. The molecule has 2 saturated heterocycles. The molecule has 1 aromatic carbocycles. The van der Waals surface area contributed by atoms with Gasteiger partial charge in [0.25, 0.3) is 0 Å². The topological polar surface area (TPSA) is 88.0 Å². The molecule has 2 aliphatic heterocycles. The standard InChI is InChI=1S/C29H30N6OS/c1-19-23-10-11-31-26(23)8-7-25(19)33-28-20(16-30)17-32-29-24(28)15-22(37-29)6-9-27(36)35-14-4-5-21(35)18-34-12-2-3-13-34/h6-11,15,17,21,31H,2-5,12-14,18H2,1H3,(H,32,33)/t21-/m0/s1. The molecule has 37 heavy (non-hydrogen) atoms. The number of fused-ring (bicyclic) bond motifs is 2. The lowest BCUT2D eigenvalue weighted by molar-refractivity contribution is -0.127. The van der Waals surface area contributed by atoms with Crippen LogP contribution in [0.2, 0.25) is 0 Å². The van der Waals surface area contributed by atoms with Crippen LogP contribution in [0.3, 0.4) is 0 Å². The highest BCUT2D eigenvalue weighted by molar-refractivity contribution is 7.19. The average molecular weight is 511 g/mol. The van der Waals surface area contributed by atoms with Crippen LogP contribution in [0.1, 0.15) is 41.7 Å². The summed E-state index contributed by atoms with van der Waals surface area (Å²) in [4.78, 5) is 27.2. The van der Waals surface area contributed by atoms with E-state index in [1.54, 1.807) is 12.3 Å². The van der Waals surface area contributed by atoms with Crippen LogP contribution in [0, 0.1) is 18.3 Å². The Morgan fingerprint density at radius 3 is 2.95 bits per heavy atom. The molecule has 6 rings (SSSR count). The van der Waals surface area contributed by atoms with Gasteiger partial charge in [-0.1, -0.05) is 0 Å². The lowest BCUT2D eigenvalue weighted by atomic mass is 10.1. The zero-order chi connectivity index (χ0) is 25.4. The van der Waals surface area contributed by atoms with E-state index in [9.17, 15) is 10.1 Å². The Morgan fingerprint density at radius 1 is 1.24 bits per heavy atom. The van der Waals surface area contributed by atoms with Crippen molar-refractivity contribution in [3.8, 4) is 6.07 Å². The van der Waals surface area contributed by atoms with Gasteiger partial charge in [0.1, 0.15) is 10.9 Å². The normalized spacial score (nSPS) is 18.4. The number of nitriles is 1. The lowest BCUT2D eigenvalue weighted by Crippen LogP contribution is -2.41. The molecular formula is C29H30N6OS. The summed E-state index contributed by atoms with van der Waals surface area (Å²) in [5.74, 6) is 0.0820. The molecule has 2 fully saturated rings. The van der Waals surface area contributed by atoms with Crippen LogP contribution in [-0.2, 0) is 4.79 Å². The summed E-state index contributed by atoms with van der Waals surface area (Å²) >= 11 is 1.53. The Kier molecular flexibility index (Phi) is 6.41. The minimum absolute atomic E-state index is 0.0820. The maximum Gasteiger partial charge on any atom is 0.246 e. The number of nitrogens with one attached hydrogen (secondary N) is 2. The highest BCUT2D eigenvalue weighted by atomic mass is 32.1. The van der Waals surface area contributed by atoms with Gasteiger partial charge in [-0.25, -0.2) is 4.98 Å². The number of H-pyrrole nitrogens is 1. The number of aryl methyl sites for hydroxylation is 1. The molecule has 2 N–H and O–H groups in total. The Bertz CT molecular complexity index is 1540. The predicted octanol–water partition coefficient (Wildman–Crippen LogP) is 5.80. The smallest absolute Gasteiger partial charge is 0.246 e. The third kappa shape index (κ3) is 4.61. The molecule has 8 heteroatoms. The first-order valence-electron chi connectivity index (χ1n) is 13.0. The van der Waals surface area contributed by atoms with E-state index in [0.717, 1.165) is 82.0 Å². The first kappa shape index (κ1) is 23.7. The maximum atomic E-state index is 13.1. The molecule has 3 aromatic heterocycles. The maximum absolute atomic E-state index is 13.1. The van der Waals surface area contributed by atoms with Crippen molar-refractivity contribution in [2.75, 3.05) is 31.5 Å². The number of carbonyl (C=O) groups excluding carboxylic acids is 1. The number of carbonyl (C=O) groups is 1. The quantitative estimate of drug-likeness (QED) is 0.320. The Labute approximate surface area is 220 Å². The number of rotatable bonds is 6. The number of thiophene rings is 1. The first-order valence-corrected chi connectivity index (χ1v) is 13.8. The fraction of sp³-hybridized carbons (Fsp3) is 0.345. The largest absolute Gasteiger partial charge is 0.361 e. The fourth-order valence-electron chi connectivity index (χ4n) is 5.69. The van der Waals surface area contributed by atoms with Crippen LogP contribution < -0.4 is 5.32 Å². The summed E-state index contributed by atoms with van der Waals surface area (Å²) in [6, 6.07) is 10.7. The molecule has 0 radical (unpaired) electrons. The van der Waals surface area contributed by atoms with Gasteiger partial charge in [-0.2, -0.15) is 5.26 Å². The van der Waals surface area contributed by atoms with Gasteiger partial charge >= 0.3 is 0 Å².